The molecule has 2 aromatic rings. The standard InChI is InChI=1S/C30H39NO6/c1-20(2)30(6,29(3,4)5)28(32)37-15-14-36-25-12-10-21(17-26(25)34-8)16-23(19-31)22-11-13-24(33-7)27(18-22)35-9/h10-13,16-18,20H,14-15H2,1-9H3/b23-16+. The Bertz CT molecular complexity index is 1160. The molecule has 7 nitrogen and oxygen atoms in total. The summed E-state index contributed by atoms with van der Waals surface area (Å²) in [4.78, 5) is 12.9. The average molecular weight is 510 g/mol. The first kappa shape index (κ1) is 29.6. The van der Waals surface area contributed by atoms with Crippen molar-refractivity contribution in [3.05, 3.63) is 47.5 Å². The molecular weight excluding hydrogens is 470 g/mol. The molecule has 0 aliphatic carbocycles. The lowest BCUT2D eigenvalue weighted by Gasteiger charge is -2.42. The summed E-state index contributed by atoms with van der Waals surface area (Å²) < 4.78 is 27.6. The van der Waals surface area contributed by atoms with E-state index in [2.05, 4.69) is 26.8 Å². The van der Waals surface area contributed by atoms with Crippen LogP contribution < -0.4 is 18.9 Å². The summed E-state index contributed by atoms with van der Waals surface area (Å²) in [5.41, 5.74) is 1.05. The summed E-state index contributed by atoms with van der Waals surface area (Å²) in [5, 5.41) is 9.75. The fourth-order valence-electron chi connectivity index (χ4n) is 4.09. The molecule has 2 rings (SSSR count). The van der Waals surface area contributed by atoms with E-state index in [-0.39, 0.29) is 30.5 Å². The van der Waals surface area contributed by atoms with Crippen molar-refractivity contribution in [1.82, 2.24) is 0 Å². The molecule has 2 aromatic carbocycles. The van der Waals surface area contributed by atoms with Crippen LogP contribution in [0.1, 0.15) is 52.7 Å². The number of rotatable bonds is 11. The van der Waals surface area contributed by atoms with Crippen molar-refractivity contribution < 1.29 is 28.5 Å². The number of hydrogen-bond acceptors (Lipinski definition) is 7. The molecule has 0 aromatic heterocycles. The van der Waals surface area contributed by atoms with E-state index < -0.39 is 5.41 Å². The second kappa shape index (κ2) is 12.5. The Morgan fingerprint density at radius 1 is 0.892 bits per heavy atom. The van der Waals surface area contributed by atoms with Gasteiger partial charge in [0.1, 0.15) is 13.2 Å². The molecule has 7 heteroatoms. The van der Waals surface area contributed by atoms with Crippen LogP contribution in [-0.4, -0.2) is 40.5 Å². The maximum atomic E-state index is 12.9. The first-order chi connectivity index (χ1) is 17.4. The highest BCUT2D eigenvalue weighted by Gasteiger charge is 2.47. The van der Waals surface area contributed by atoms with Gasteiger partial charge in [-0.1, -0.05) is 40.7 Å². The molecule has 0 aliphatic heterocycles. The summed E-state index contributed by atoms with van der Waals surface area (Å²) >= 11 is 0. The van der Waals surface area contributed by atoms with Gasteiger partial charge in [-0.05, 0) is 65.8 Å². The summed E-state index contributed by atoms with van der Waals surface area (Å²) in [6.45, 7) is 12.5. The molecule has 1 unspecified atom stereocenters. The van der Waals surface area contributed by atoms with Crippen LogP contribution in [0, 0.1) is 28.1 Å². The minimum atomic E-state index is -0.620. The molecule has 0 radical (unpaired) electrons. The number of ether oxygens (including phenoxy) is 5. The van der Waals surface area contributed by atoms with E-state index in [1.54, 1.807) is 57.7 Å². The minimum Gasteiger partial charge on any atom is -0.493 e. The largest absolute Gasteiger partial charge is 0.493 e. The van der Waals surface area contributed by atoms with E-state index in [0.717, 1.165) is 5.56 Å². The Labute approximate surface area is 220 Å². The molecule has 0 amide bonds. The molecule has 37 heavy (non-hydrogen) atoms. The number of methoxy groups -OCH3 is 3. The normalized spacial score (nSPS) is 13.4. The van der Waals surface area contributed by atoms with Crippen LogP contribution in [0.5, 0.6) is 23.0 Å². The fraction of sp³-hybridized carbons (Fsp3) is 0.467. The summed E-state index contributed by atoms with van der Waals surface area (Å²) in [6, 6.07) is 12.9. The molecule has 0 fully saturated rings. The van der Waals surface area contributed by atoms with E-state index in [4.69, 9.17) is 23.7 Å². The summed E-state index contributed by atoms with van der Waals surface area (Å²) in [6.07, 6.45) is 1.76. The van der Waals surface area contributed by atoms with Crippen molar-refractivity contribution in [2.75, 3.05) is 34.5 Å². The van der Waals surface area contributed by atoms with Crippen LogP contribution in [0.4, 0.5) is 0 Å². The van der Waals surface area contributed by atoms with Crippen LogP contribution in [0.25, 0.3) is 11.6 Å². The van der Waals surface area contributed by atoms with E-state index in [9.17, 15) is 10.1 Å². The molecule has 0 N–H and O–H groups in total. The van der Waals surface area contributed by atoms with Crippen LogP contribution in [0.15, 0.2) is 36.4 Å². The lowest BCUT2D eigenvalue weighted by Crippen LogP contribution is -2.46. The second-order valence-corrected chi connectivity index (χ2v) is 10.2. The van der Waals surface area contributed by atoms with Crippen molar-refractivity contribution in [3.8, 4) is 29.1 Å². The van der Waals surface area contributed by atoms with Gasteiger partial charge in [0.25, 0.3) is 0 Å². The quantitative estimate of drug-likeness (QED) is 0.150. The van der Waals surface area contributed by atoms with Gasteiger partial charge in [-0.15, -0.1) is 0 Å². The topological polar surface area (TPSA) is 87.0 Å². The first-order valence-electron chi connectivity index (χ1n) is 12.2. The number of carbonyl (C=O) groups excluding carboxylic acids is 1. The highest BCUT2D eigenvalue weighted by atomic mass is 16.6. The average Bonchev–Trinajstić information content (AvgIpc) is 2.88. The molecule has 0 saturated heterocycles. The third-order valence-corrected chi connectivity index (χ3v) is 7.02. The van der Waals surface area contributed by atoms with Gasteiger partial charge >= 0.3 is 5.97 Å². The van der Waals surface area contributed by atoms with Gasteiger partial charge in [0.2, 0.25) is 0 Å². The molecule has 1 atom stereocenters. The van der Waals surface area contributed by atoms with E-state index in [1.807, 2.05) is 26.8 Å². The van der Waals surface area contributed by atoms with Crippen molar-refractivity contribution >= 4 is 17.6 Å². The predicted octanol–water partition coefficient (Wildman–Crippen LogP) is 6.41. The van der Waals surface area contributed by atoms with Gasteiger partial charge in [-0.2, -0.15) is 5.26 Å². The first-order valence-corrected chi connectivity index (χ1v) is 12.2. The highest BCUT2D eigenvalue weighted by molar-refractivity contribution is 5.90. The summed E-state index contributed by atoms with van der Waals surface area (Å²) in [7, 11) is 4.66. The fourth-order valence-corrected chi connectivity index (χ4v) is 4.09. The van der Waals surface area contributed by atoms with Crippen molar-refractivity contribution in [3.63, 3.8) is 0 Å². The Kier molecular flexibility index (Phi) is 10.0. The Balaban J connectivity index is 2.14. The molecule has 200 valence electrons. The van der Waals surface area contributed by atoms with Crippen molar-refractivity contribution in [2.45, 2.75) is 41.5 Å². The minimum absolute atomic E-state index is 0.124. The van der Waals surface area contributed by atoms with Gasteiger partial charge in [-0.25, -0.2) is 0 Å². The maximum Gasteiger partial charge on any atom is 0.312 e. The SMILES string of the molecule is COc1ccc(/C(C#N)=C/c2ccc(OCCOC(=O)C(C)(C(C)C)C(C)(C)C)c(OC)c2)cc1OC. The van der Waals surface area contributed by atoms with Crippen LogP contribution in [0.3, 0.4) is 0 Å². The number of benzene rings is 2. The van der Waals surface area contributed by atoms with E-state index in [0.29, 0.717) is 34.1 Å². The van der Waals surface area contributed by atoms with E-state index in [1.165, 1.54) is 0 Å². The number of nitrogens with zero attached hydrogens (tertiary/aromatic N) is 1. The molecule has 0 heterocycles. The van der Waals surface area contributed by atoms with Crippen LogP contribution in [-0.2, 0) is 9.53 Å². The number of nitriles is 1. The highest BCUT2D eigenvalue weighted by Crippen LogP contribution is 2.45. The zero-order chi connectivity index (χ0) is 27.8. The molecule has 0 spiro atoms. The molecular formula is C30H39NO6. The molecule has 0 aliphatic rings. The van der Waals surface area contributed by atoms with Crippen LogP contribution >= 0.6 is 0 Å². The van der Waals surface area contributed by atoms with Gasteiger partial charge in [0.05, 0.1) is 38.4 Å². The van der Waals surface area contributed by atoms with Gasteiger partial charge in [-0.3, -0.25) is 4.79 Å². The third-order valence-electron chi connectivity index (χ3n) is 7.02. The monoisotopic (exact) mass is 509 g/mol. The van der Waals surface area contributed by atoms with Gasteiger partial charge in [0.15, 0.2) is 23.0 Å². The Morgan fingerprint density at radius 2 is 1.49 bits per heavy atom. The second-order valence-electron chi connectivity index (χ2n) is 10.2. The van der Waals surface area contributed by atoms with Gasteiger partial charge < -0.3 is 23.7 Å². The summed E-state index contributed by atoms with van der Waals surface area (Å²) in [5.74, 6) is 2.04. The smallest absolute Gasteiger partial charge is 0.312 e. The lowest BCUT2D eigenvalue weighted by atomic mass is 9.62. The Morgan fingerprint density at radius 3 is 2.03 bits per heavy atom. The lowest BCUT2D eigenvalue weighted by molar-refractivity contribution is -0.166. The van der Waals surface area contributed by atoms with E-state index >= 15 is 0 Å². The van der Waals surface area contributed by atoms with Crippen LogP contribution in [0.2, 0.25) is 0 Å². The van der Waals surface area contributed by atoms with Gasteiger partial charge in [0, 0.05) is 0 Å². The van der Waals surface area contributed by atoms with Crippen molar-refractivity contribution in [1.29, 1.82) is 5.26 Å². The number of esters is 1. The molecule has 0 saturated carbocycles. The zero-order valence-corrected chi connectivity index (χ0v) is 23.4. The number of allylic oxidation sites excluding steroid dienone is 1. The maximum absolute atomic E-state index is 12.9. The zero-order valence-electron chi connectivity index (χ0n) is 23.4. The van der Waals surface area contributed by atoms with Crippen molar-refractivity contribution in [2.24, 2.45) is 16.7 Å². The number of hydrogen-bond donors (Lipinski definition) is 0. The number of carbonyl (C=O) groups is 1. The Hall–Kier alpha value is -3.66. The third kappa shape index (κ3) is 6.76. The molecule has 0 bridgehead atoms. The predicted molar refractivity (Wildman–Crippen MR) is 145 cm³/mol.